The molecule has 2 heterocycles. The largest absolute Gasteiger partial charge is 0.486 e. The Morgan fingerprint density at radius 3 is 3.00 bits per heavy atom. The zero-order valence-corrected chi connectivity index (χ0v) is 16.5. The summed E-state index contributed by atoms with van der Waals surface area (Å²) in [5, 5.41) is 8.12. The van der Waals surface area contributed by atoms with Crippen molar-refractivity contribution >= 4 is 29.3 Å². The summed E-state index contributed by atoms with van der Waals surface area (Å²) in [6, 6.07) is 9.08. The zero-order chi connectivity index (χ0) is 19.2. The van der Waals surface area contributed by atoms with Crippen LogP contribution in [0.5, 0.6) is 5.75 Å². The standard InChI is InChI=1S/C18H19ClN4O3S/c1-12-8-13(5-6-15(12)19)26-10-16-20-18(22-21-16)27-11-17(24)23(2)9-14-4-3-7-25-14/h3-8H,9-11H2,1-2H3,(H,20,21,22). The van der Waals surface area contributed by atoms with Crippen LogP contribution in [0.15, 0.2) is 46.2 Å². The van der Waals surface area contributed by atoms with Crippen molar-refractivity contribution in [1.29, 1.82) is 0 Å². The van der Waals surface area contributed by atoms with Gasteiger partial charge in [0.2, 0.25) is 11.1 Å². The molecule has 3 aromatic rings. The number of hydrogen-bond donors (Lipinski definition) is 1. The van der Waals surface area contributed by atoms with Crippen LogP contribution in [0.4, 0.5) is 0 Å². The van der Waals surface area contributed by atoms with Crippen molar-refractivity contribution in [3.63, 3.8) is 0 Å². The third-order valence-electron chi connectivity index (χ3n) is 3.74. The zero-order valence-electron chi connectivity index (χ0n) is 14.9. The van der Waals surface area contributed by atoms with Gasteiger partial charge in [-0.05, 0) is 42.8 Å². The topological polar surface area (TPSA) is 84.2 Å². The minimum atomic E-state index is -0.0318. The quantitative estimate of drug-likeness (QED) is 0.574. The SMILES string of the molecule is Cc1cc(OCc2nc(SCC(=O)N(C)Cc3ccco3)n[nH]2)ccc1Cl. The van der Waals surface area contributed by atoms with E-state index >= 15 is 0 Å². The Morgan fingerprint density at radius 2 is 2.26 bits per heavy atom. The van der Waals surface area contributed by atoms with Crippen molar-refractivity contribution in [2.75, 3.05) is 12.8 Å². The number of nitrogens with one attached hydrogen (secondary N) is 1. The monoisotopic (exact) mass is 406 g/mol. The van der Waals surface area contributed by atoms with Crippen molar-refractivity contribution in [1.82, 2.24) is 20.1 Å². The van der Waals surface area contributed by atoms with Crippen LogP contribution in [0.25, 0.3) is 0 Å². The number of nitrogens with zero attached hydrogens (tertiary/aromatic N) is 3. The van der Waals surface area contributed by atoms with Crippen LogP contribution in [-0.4, -0.2) is 38.8 Å². The molecule has 0 unspecified atom stereocenters. The maximum absolute atomic E-state index is 12.2. The van der Waals surface area contributed by atoms with Crippen molar-refractivity contribution in [3.8, 4) is 5.75 Å². The Morgan fingerprint density at radius 1 is 1.41 bits per heavy atom. The number of hydrogen-bond acceptors (Lipinski definition) is 6. The molecule has 0 aliphatic rings. The van der Waals surface area contributed by atoms with Crippen molar-refractivity contribution in [2.24, 2.45) is 0 Å². The molecule has 1 N–H and O–H groups in total. The number of amides is 1. The summed E-state index contributed by atoms with van der Waals surface area (Å²) in [7, 11) is 1.73. The van der Waals surface area contributed by atoms with Crippen LogP contribution in [0.1, 0.15) is 17.1 Å². The van der Waals surface area contributed by atoms with Crippen LogP contribution in [0, 0.1) is 6.92 Å². The van der Waals surface area contributed by atoms with E-state index in [2.05, 4.69) is 15.2 Å². The highest BCUT2D eigenvalue weighted by Crippen LogP contribution is 2.22. The second-order valence-corrected chi connectivity index (χ2v) is 7.23. The normalized spacial score (nSPS) is 10.8. The third-order valence-corrected chi connectivity index (χ3v) is 5.00. The molecule has 27 heavy (non-hydrogen) atoms. The Bertz CT molecular complexity index is 898. The first kappa shape index (κ1) is 19.3. The van der Waals surface area contributed by atoms with Gasteiger partial charge >= 0.3 is 0 Å². The van der Waals surface area contributed by atoms with Gasteiger partial charge in [0.1, 0.15) is 18.1 Å². The smallest absolute Gasteiger partial charge is 0.233 e. The molecule has 0 aliphatic carbocycles. The van der Waals surface area contributed by atoms with Gasteiger partial charge in [0, 0.05) is 12.1 Å². The second kappa shape index (κ2) is 8.96. The molecule has 0 radical (unpaired) electrons. The van der Waals surface area contributed by atoms with E-state index in [1.54, 1.807) is 36.4 Å². The molecule has 2 aromatic heterocycles. The Labute approximate surface area is 166 Å². The van der Waals surface area contributed by atoms with E-state index in [9.17, 15) is 4.79 Å². The maximum atomic E-state index is 12.2. The van der Waals surface area contributed by atoms with Gasteiger partial charge in [-0.3, -0.25) is 9.89 Å². The van der Waals surface area contributed by atoms with Crippen LogP contribution in [-0.2, 0) is 17.9 Å². The minimum absolute atomic E-state index is 0.0318. The van der Waals surface area contributed by atoms with Gasteiger partial charge in [-0.25, -0.2) is 4.98 Å². The fourth-order valence-corrected chi connectivity index (χ4v) is 3.10. The Hall–Kier alpha value is -2.45. The van der Waals surface area contributed by atoms with E-state index in [0.717, 1.165) is 11.3 Å². The second-order valence-electron chi connectivity index (χ2n) is 5.88. The van der Waals surface area contributed by atoms with Gasteiger partial charge in [0.15, 0.2) is 5.82 Å². The van der Waals surface area contributed by atoms with E-state index < -0.39 is 0 Å². The summed E-state index contributed by atoms with van der Waals surface area (Å²) < 4.78 is 10.9. The molecule has 1 amide bonds. The number of benzene rings is 1. The fraction of sp³-hybridized carbons (Fsp3) is 0.278. The first-order chi connectivity index (χ1) is 13.0. The number of carbonyl (C=O) groups is 1. The number of H-pyrrole nitrogens is 1. The number of halogens is 1. The van der Waals surface area contributed by atoms with Crippen LogP contribution in [0.2, 0.25) is 5.02 Å². The van der Waals surface area contributed by atoms with Gasteiger partial charge in [-0.1, -0.05) is 23.4 Å². The number of aromatic nitrogens is 3. The van der Waals surface area contributed by atoms with Gasteiger partial charge < -0.3 is 14.1 Å². The summed E-state index contributed by atoms with van der Waals surface area (Å²) in [5.74, 6) is 2.24. The number of furan rings is 1. The number of aromatic amines is 1. The van der Waals surface area contributed by atoms with Crippen LogP contribution < -0.4 is 4.74 Å². The lowest BCUT2D eigenvalue weighted by Gasteiger charge is -2.14. The molecule has 0 saturated heterocycles. The summed E-state index contributed by atoms with van der Waals surface area (Å²) in [6.45, 7) is 2.60. The molecule has 7 nitrogen and oxygen atoms in total. The molecule has 0 aliphatic heterocycles. The molecule has 0 bridgehead atoms. The number of thioether (sulfide) groups is 1. The summed E-state index contributed by atoms with van der Waals surface area (Å²) in [5.41, 5.74) is 0.945. The van der Waals surface area contributed by atoms with Crippen LogP contribution in [0.3, 0.4) is 0 Å². The van der Waals surface area contributed by atoms with Gasteiger partial charge in [0.25, 0.3) is 0 Å². The molecule has 0 atom stereocenters. The van der Waals surface area contributed by atoms with Crippen LogP contribution >= 0.6 is 23.4 Å². The molecule has 9 heteroatoms. The van der Waals surface area contributed by atoms with E-state index in [4.69, 9.17) is 20.8 Å². The van der Waals surface area contributed by atoms with Crippen molar-refractivity contribution in [2.45, 2.75) is 25.2 Å². The molecule has 0 saturated carbocycles. The number of ether oxygens (including phenoxy) is 1. The molecule has 1 aromatic carbocycles. The van der Waals surface area contributed by atoms with Gasteiger partial charge in [0.05, 0.1) is 18.6 Å². The highest BCUT2D eigenvalue weighted by atomic mass is 35.5. The van der Waals surface area contributed by atoms with E-state index in [0.29, 0.717) is 28.3 Å². The predicted octanol–water partition coefficient (Wildman–Crippen LogP) is 3.69. The summed E-state index contributed by atoms with van der Waals surface area (Å²) >= 11 is 7.27. The summed E-state index contributed by atoms with van der Waals surface area (Å²) in [6.07, 6.45) is 1.59. The van der Waals surface area contributed by atoms with Crippen molar-refractivity contribution < 1.29 is 13.9 Å². The number of carbonyl (C=O) groups excluding carboxylic acids is 1. The molecular weight excluding hydrogens is 388 g/mol. The molecule has 0 spiro atoms. The van der Waals surface area contributed by atoms with Gasteiger partial charge in [-0.2, -0.15) is 0 Å². The van der Waals surface area contributed by atoms with Crippen molar-refractivity contribution in [3.05, 3.63) is 58.8 Å². The van der Waals surface area contributed by atoms with E-state index in [1.165, 1.54) is 11.8 Å². The highest BCUT2D eigenvalue weighted by Gasteiger charge is 2.13. The Kier molecular flexibility index (Phi) is 6.41. The highest BCUT2D eigenvalue weighted by molar-refractivity contribution is 7.99. The Balaban J connectivity index is 1.46. The van der Waals surface area contributed by atoms with Gasteiger partial charge in [-0.15, -0.1) is 5.10 Å². The minimum Gasteiger partial charge on any atom is -0.486 e. The number of aryl methyl sites for hydroxylation is 1. The maximum Gasteiger partial charge on any atom is 0.233 e. The lowest BCUT2D eigenvalue weighted by Crippen LogP contribution is -2.27. The predicted molar refractivity (Wildman–Crippen MR) is 103 cm³/mol. The summed E-state index contributed by atoms with van der Waals surface area (Å²) in [4.78, 5) is 18.1. The molecule has 0 fully saturated rings. The van der Waals surface area contributed by atoms with E-state index in [-0.39, 0.29) is 18.3 Å². The number of rotatable bonds is 8. The first-order valence-corrected chi connectivity index (χ1v) is 9.57. The molecular formula is C18H19ClN4O3S. The molecule has 3 rings (SSSR count). The lowest BCUT2D eigenvalue weighted by molar-refractivity contribution is -0.127. The average molecular weight is 407 g/mol. The lowest BCUT2D eigenvalue weighted by atomic mass is 10.2. The fourth-order valence-electron chi connectivity index (χ4n) is 2.23. The molecule has 142 valence electrons. The van der Waals surface area contributed by atoms with E-state index in [1.807, 2.05) is 19.1 Å². The average Bonchev–Trinajstić information content (AvgIpc) is 3.32. The first-order valence-electron chi connectivity index (χ1n) is 8.20. The third kappa shape index (κ3) is 5.51.